The number of pyridine rings is 1. The molecule has 0 unspecified atom stereocenters. The molecule has 102 valence electrons. The normalized spacial score (nSPS) is 10.3. The predicted octanol–water partition coefficient (Wildman–Crippen LogP) is 3.57. The second kappa shape index (κ2) is 5.10. The molecule has 0 saturated heterocycles. The fraction of sp³-hybridized carbons (Fsp3) is 0. The zero-order valence-electron chi connectivity index (χ0n) is 11.0. The zero-order chi connectivity index (χ0) is 14.8. The molecule has 0 radical (unpaired) electrons. The molecule has 0 spiro atoms. The van der Waals surface area contributed by atoms with Crippen LogP contribution in [0.4, 0.5) is 21.5 Å². The van der Waals surface area contributed by atoms with Gasteiger partial charge in [0.25, 0.3) is 0 Å². The number of rotatable bonds is 2. The van der Waals surface area contributed by atoms with E-state index in [1.807, 2.05) is 12.1 Å². The fourth-order valence-electron chi connectivity index (χ4n) is 2.13. The summed E-state index contributed by atoms with van der Waals surface area (Å²) in [5.74, 6) is -0.483. The number of fused-ring (bicyclic) bond motifs is 1. The fourth-order valence-corrected chi connectivity index (χ4v) is 2.13. The van der Waals surface area contributed by atoms with Crippen LogP contribution in [0.5, 0.6) is 0 Å². The number of anilines is 3. The third kappa shape index (κ3) is 2.35. The molecule has 0 aliphatic heterocycles. The van der Waals surface area contributed by atoms with Crippen molar-refractivity contribution in [2.24, 2.45) is 0 Å². The lowest BCUT2D eigenvalue weighted by atomic mass is 10.1. The van der Waals surface area contributed by atoms with E-state index in [9.17, 15) is 4.39 Å². The van der Waals surface area contributed by atoms with Crippen molar-refractivity contribution in [3.05, 3.63) is 60.0 Å². The number of hydrogen-bond acceptors (Lipinski definition) is 4. The highest BCUT2D eigenvalue weighted by Gasteiger charge is 2.08. The zero-order valence-corrected chi connectivity index (χ0v) is 11.0. The van der Waals surface area contributed by atoms with Gasteiger partial charge in [-0.05, 0) is 42.5 Å². The first-order valence-corrected chi connectivity index (χ1v) is 6.29. The molecule has 0 aliphatic carbocycles. The lowest BCUT2D eigenvalue weighted by molar-refractivity contribution is 0.631. The highest BCUT2D eigenvalue weighted by molar-refractivity contribution is 5.99. The monoisotopic (exact) mass is 278 g/mol. The van der Waals surface area contributed by atoms with Gasteiger partial charge < -0.3 is 11.1 Å². The molecule has 0 atom stereocenters. The minimum absolute atomic E-state index is 0.280. The van der Waals surface area contributed by atoms with Gasteiger partial charge in [0.05, 0.1) is 28.5 Å². The smallest absolute Gasteiger partial charge is 0.147 e. The Bertz CT molecular complexity index is 868. The molecule has 2 aromatic carbocycles. The molecule has 1 heterocycles. The first kappa shape index (κ1) is 12.9. The molecule has 0 saturated carbocycles. The van der Waals surface area contributed by atoms with E-state index in [0.717, 1.165) is 5.39 Å². The summed E-state index contributed by atoms with van der Waals surface area (Å²) < 4.78 is 13.9. The molecule has 0 fully saturated rings. The molecule has 5 heteroatoms. The molecule has 3 N–H and O–H groups in total. The van der Waals surface area contributed by atoms with Gasteiger partial charge in [-0.25, -0.2) is 4.39 Å². The molecular weight excluding hydrogens is 267 g/mol. The van der Waals surface area contributed by atoms with E-state index in [1.54, 1.807) is 30.5 Å². The van der Waals surface area contributed by atoms with Gasteiger partial charge >= 0.3 is 0 Å². The third-order valence-electron chi connectivity index (χ3n) is 3.17. The quantitative estimate of drug-likeness (QED) is 0.703. The molecule has 0 amide bonds. The van der Waals surface area contributed by atoms with Crippen LogP contribution in [0.3, 0.4) is 0 Å². The van der Waals surface area contributed by atoms with E-state index in [0.29, 0.717) is 22.6 Å². The van der Waals surface area contributed by atoms with Crippen LogP contribution in [0.25, 0.3) is 10.9 Å². The number of nitrogens with zero attached hydrogens (tertiary/aromatic N) is 2. The Morgan fingerprint density at radius 2 is 1.95 bits per heavy atom. The van der Waals surface area contributed by atoms with Crippen molar-refractivity contribution in [3.8, 4) is 6.07 Å². The van der Waals surface area contributed by atoms with E-state index in [-0.39, 0.29) is 5.56 Å². The average Bonchev–Trinajstić information content (AvgIpc) is 2.52. The summed E-state index contributed by atoms with van der Waals surface area (Å²) in [6, 6.07) is 13.3. The Labute approximate surface area is 120 Å². The average molecular weight is 278 g/mol. The van der Waals surface area contributed by atoms with Crippen LogP contribution in [0.1, 0.15) is 5.56 Å². The van der Waals surface area contributed by atoms with Gasteiger partial charge in [0.15, 0.2) is 0 Å². The maximum atomic E-state index is 13.9. The summed E-state index contributed by atoms with van der Waals surface area (Å²) in [4.78, 5) is 4.23. The van der Waals surface area contributed by atoms with Crippen LogP contribution in [0, 0.1) is 17.1 Å². The first-order chi connectivity index (χ1) is 10.2. The Morgan fingerprint density at radius 1 is 1.14 bits per heavy atom. The number of nitriles is 1. The van der Waals surface area contributed by atoms with Crippen molar-refractivity contribution in [1.29, 1.82) is 5.26 Å². The minimum atomic E-state index is -0.483. The SMILES string of the molecule is N#Cc1ccc(Nc2ccc(N)c3ncccc23)c(F)c1. The number of nitrogen functional groups attached to an aromatic ring is 1. The van der Waals surface area contributed by atoms with Crippen LogP contribution in [0.15, 0.2) is 48.7 Å². The molecular formula is C16H11FN4. The van der Waals surface area contributed by atoms with E-state index in [2.05, 4.69) is 10.3 Å². The number of halogens is 1. The topological polar surface area (TPSA) is 74.7 Å². The summed E-state index contributed by atoms with van der Waals surface area (Å²) in [7, 11) is 0. The largest absolute Gasteiger partial charge is 0.397 e. The van der Waals surface area contributed by atoms with E-state index in [1.165, 1.54) is 12.1 Å². The number of hydrogen-bond donors (Lipinski definition) is 2. The molecule has 1 aromatic heterocycles. The van der Waals surface area contributed by atoms with Crippen LogP contribution < -0.4 is 11.1 Å². The van der Waals surface area contributed by atoms with Crippen LogP contribution in [-0.2, 0) is 0 Å². The van der Waals surface area contributed by atoms with Gasteiger partial charge in [-0.1, -0.05) is 0 Å². The van der Waals surface area contributed by atoms with E-state index >= 15 is 0 Å². The third-order valence-corrected chi connectivity index (χ3v) is 3.17. The van der Waals surface area contributed by atoms with Crippen LogP contribution in [-0.4, -0.2) is 4.98 Å². The number of nitrogens with two attached hydrogens (primary N) is 1. The van der Waals surface area contributed by atoms with E-state index < -0.39 is 5.82 Å². The Balaban J connectivity index is 2.07. The molecule has 0 bridgehead atoms. The van der Waals surface area contributed by atoms with Gasteiger partial charge in [-0.15, -0.1) is 0 Å². The highest BCUT2D eigenvalue weighted by Crippen LogP contribution is 2.29. The Morgan fingerprint density at radius 3 is 2.71 bits per heavy atom. The van der Waals surface area contributed by atoms with Crippen LogP contribution in [0.2, 0.25) is 0 Å². The van der Waals surface area contributed by atoms with Crippen molar-refractivity contribution in [2.75, 3.05) is 11.1 Å². The number of aromatic nitrogens is 1. The molecule has 3 aromatic rings. The van der Waals surface area contributed by atoms with Crippen molar-refractivity contribution < 1.29 is 4.39 Å². The summed E-state index contributed by atoms with van der Waals surface area (Å²) >= 11 is 0. The van der Waals surface area contributed by atoms with Crippen LogP contribution >= 0.6 is 0 Å². The number of nitrogens with one attached hydrogen (secondary N) is 1. The number of benzene rings is 2. The molecule has 21 heavy (non-hydrogen) atoms. The predicted molar refractivity (Wildman–Crippen MR) is 80.6 cm³/mol. The second-order valence-electron chi connectivity index (χ2n) is 4.53. The lowest BCUT2D eigenvalue weighted by Gasteiger charge is -2.11. The lowest BCUT2D eigenvalue weighted by Crippen LogP contribution is -1.97. The van der Waals surface area contributed by atoms with Gasteiger partial charge in [-0.2, -0.15) is 5.26 Å². The second-order valence-corrected chi connectivity index (χ2v) is 4.53. The summed E-state index contributed by atoms with van der Waals surface area (Å²) in [5.41, 5.74) is 8.39. The van der Waals surface area contributed by atoms with Crippen molar-refractivity contribution >= 4 is 28.0 Å². The van der Waals surface area contributed by atoms with Crippen molar-refractivity contribution in [1.82, 2.24) is 4.98 Å². The molecule has 0 aliphatic rings. The summed E-state index contributed by atoms with van der Waals surface area (Å²) in [6.07, 6.45) is 1.66. The molecule has 3 rings (SSSR count). The van der Waals surface area contributed by atoms with Gasteiger partial charge in [0, 0.05) is 17.3 Å². The Hall–Kier alpha value is -3.13. The van der Waals surface area contributed by atoms with Gasteiger partial charge in [-0.3, -0.25) is 4.98 Å². The first-order valence-electron chi connectivity index (χ1n) is 6.29. The molecule has 4 nitrogen and oxygen atoms in total. The summed E-state index contributed by atoms with van der Waals surface area (Å²) in [5, 5.41) is 12.6. The Kier molecular flexibility index (Phi) is 3.13. The summed E-state index contributed by atoms with van der Waals surface area (Å²) in [6.45, 7) is 0. The minimum Gasteiger partial charge on any atom is -0.397 e. The van der Waals surface area contributed by atoms with Crippen molar-refractivity contribution in [2.45, 2.75) is 0 Å². The van der Waals surface area contributed by atoms with E-state index in [4.69, 9.17) is 11.0 Å². The maximum absolute atomic E-state index is 13.9. The maximum Gasteiger partial charge on any atom is 0.147 e. The van der Waals surface area contributed by atoms with Gasteiger partial charge in [0.1, 0.15) is 5.82 Å². The standard InChI is InChI=1S/C16H11FN4/c17-12-8-10(9-18)3-5-15(12)21-14-6-4-13(19)16-11(14)2-1-7-20-16/h1-8,21H,19H2. The van der Waals surface area contributed by atoms with Crippen molar-refractivity contribution in [3.63, 3.8) is 0 Å². The highest BCUT2D eigenvalue weighted by atomic mass is 19.1. The van der Waals surface area contributed by atoms with Gasteiger partial charge in [0.2, 0.25) is 0 Å².